The standard InChI is InChI=1S/C15H15BrN2O2S/c1-9(20-11-7-5-10(16)6-8-11)14(19)18-15-17-12-3-2-4-13(12)21-15/h5-9H,2-4H2,1H3,(H,17,18,19)/t9-/m0/s1. The van der Waals surface area contributed by atoms with Crippen LogP contribution in [0.5, 0.6) is 5.75 Å². The number of carbonyl (C=O) groups excluding carboxylic acids is 1. The van der Waals surface area contributed by atoms with Gasteiger partial charge in [0, 0.05) is 9.35 Å². The molecule has 0 fully saturated rings. The number of ether oxygens (including phenoxy) is 1. The van der Waals surface area contributed by atoms with Crippen LogP contribution < -0.4 is 10.1 Å². The van der Waals surface area contributed by atoms with Gasteiger partial charge in [0.2, 0.25) is 0 Å². The van der Waals surface area contributed by atoms with Gasteiger partial charge < -0.3 is 4.74 Å². The van der Waals surface area contributed by atoms with E-state index in [-0.39, 0.29) is 5.91 Å². The largest absolute Gasteiger partial charge is 0.481 e. The molecular weight excluding hydrogens is 352 g/mol. The Morgan fingerprint density at radius 2 is 2.14 bits per heavy atom. The Balaban J connectivity index is 1.60. The first-order chi connectivity index (χ1) is 10.1. The molecule has 4 nitrogen and oxygen atoms in total. The Labute approximate surface area is 135 Å². The number of benzene rings is 1. The molecule has 21 heavy (non-hydrogen) atoms. The Hall–Kier alpha value is -1.40. The highest BCUT2D eigenvalue weighted by atomic mass is 79.9. The summed E-state index contributed by atoms with van der Waals surface area (Å²) in [6.07, 6.45) is 2.70. The quantitative estimate of drug-likeness (QED) is 0.894. The van der Waals surface area contributed by atoms with Crippen LogP contribution in [0, 0.1) is 0 Å². The maximum absolute atomic E-state index is 12.1. The lowest BCUT2D eigenvalue weighted by atomic mass is 10.3. The minimum Gasteiger partial charge on any atom is -0.481 e. The second kappa shape index (κ2) is 6.15. The fourth-order valence-corrected chi connectivity index (χ4v) is 3.54. The molecule has 3 rings (SSSR count). The number of hydrogen-bond acceptors (Lipinski definition) is 4. The van der Waals surface area contributed by atoms with E-state index in [0.29, 0.717) is 10.9 Å². The van der Waals surface area contributed by atoms with Gasteiger partial charge in [-0.15, -0.1) is 11.3 Å². The molecule has 1 aliphatic rings. The van der Waals surface area contributed by atoms with Crippen LogP contribution in [-0.4, -0.2) is 17.0 Å². The summed E-state index contributed by atoms with van der Waals surface area (Å²) in [5, 5.41) is 3.51. The number of fused-ring (bicyclic) bond motifs is 1. The average Bonchev–Trinajstić information content (AvgIpc) is 3.02. The number of nitrogens with zero attached hydrogens (tertiary/aromatic N) is 1. The lowest BCUT2D eigenvalue weighted by Gasteiger charge is -2.13. The van der Waals surface area contributed by atoms with Crippen molar-refractivity contribution in [3.8, 4) is 5.75 Å². The van der Waals surface area contributed by atoms with Gasteiger partial charge in [-0.3, -0.25) is 10.1 Å². The van der Waals surface area contributed by atoms with Crippen LogP contribution in [-0.2, 0) is 17.6 Å². The van der Waals surface area contributed by atoms with E-state index in [1.807, 2.05) is 24.3 Å². The molecule has 0 saturated heterocycles. The molecule has 0 spiro atoms. The smallest absolute Gasteiger partial charge is 0.266 e. The van der Waals surface area contributed by atoms with Crippen LogP contribution in [0.3, 0.4) is 0 Å². The van der Waals surface area contributed by atoms with E-state index in [1.165, 1.54) is 11.3 Å². The number of thiazole rings is 1. The maximum Gasteiger partial charge on any atom is 0.266 e. The van der Waals surface area contributed by atoms with Crippen molar-refractivity contribution in [1.29, 1.82) is 0 Å². The number of aromatic nitrogens is 1. The predicted octanol–water partition coefficient (Wildman–Crippen LogP) is 3.80. The van der Waals surface area contributed by atoms with Crippen LogP contribution in [0.2, 0.25) is 0 Å². The number of anilines is 1. The summed E-state index contributed by atoms with van der Waals surface area (Å²) < 4.78 is 6.60. The van der Waals surface area contributed by atoms with Crippen molar-refractivity contribution in [2.45, 2.75) is 32.3 Å². The molecule has 1 N–H and O–H groups in total. The van der Waals surface area contributed by atoms with Gasteiger partial charge in [-0.1, -0.05) is 15.9 Å². The molecule has 0 aliphatic heterocycles. The molecule has 1 amide bonds. The summed E-state index contributed by atoms with van der Waals surface area (Å²) in [6, 6.07) is 7.41. The molecule has 1 aliphatic carbocycles. The maximum atomic E-state index is 12.1. The fourth-order valence-electron chi connectivity index (χ4n) is 2.22. The number of halogens is 1. The van der Waals surface area contributed by atoms with Crippen molar-refractivity contribution in [2.75, 3.05) is 5.32 Å². The average molecular weight is 367 g/mol. The molecule has 110 valence electrons. The number of rotatable bonds is 4. The van der Waals surface area contributed by atoms with Crippen molar-refractivity contribution >= 4 is 38.3 Å². The van der Waals surface area contributed by atoms with Gasteiger partial charge in [0.05, 0.1) is 5.69 Å². The fraction of sp³-hybridized carbons (Fsp3) is 0.333. The van der Waals surface area contributed by atoms with Gasteiger partial charge in [0.1, 0.15) is 5.75 Å². The highest BCUT2D eigenvalue weighted by Gasteiger charge is 2.20. The molecule has 0 radical (unpaired) electrons. The number of aryl methyl sites for hydroxylation is 2. The van der Waals surface area contributed by atoms with Gasteiger partial charge in [0.25, 0.3) is 5.91 Å². The SMILES string of the molecule is C[C@H](Oc1ccc(Br)cc1)C(=O)Nc1nc2c(s1)CCC2. The van der Waals surface area contributed by atoms with Crippen LogP contribution in [0.4, 0.5) is 5.13 Å². The molecule has 2 aromatic rings. The lowest BCUT2D eigenvalue weighted by Crippen LogP contribution is -2.30. The van der Waals surface area contributed by atoms with E-state index in [4.69, 9.17) is 4.74 Å². The second-order valence-electron chi connectivity index (χ2n) is 4.95. The molecule has 1 heterocycles. The van der Waals surface area contributed by atoms with Crippen molar-refractivity contribution in [3.63, 3.8) is 0 Å². The first kappa shape index (κ1) is 14.5. The molecular formula is C15H15BrN2O2S. The van der Waals surface area contributed by atoms with Gasteiger partial charge in [0.15, 0.2) is 11.2 Å². The third-order valence-electron chi connectivity index (χ3n) is 3.32. The van der Waals surface area contributed by atoms with Crippen LogP contribution >= 0.6 is 27.3 Å². The molecule has 0 unspecified atom stereocenters. The monoisotopic (exact) mass is 366 g/mol. The zero-order chi connectivity index (χ0) is 14.8. The molecule has 0 bridgehead atoms. The number of carbonyl (C=O) groups is 1. The summed E-state index contributed by atoms with van der Waals surface area (Å²) in [7, 11) is 0. The van der Waals surface area contributed by atoms with E-state index < -0.39 is 6.10 Å². The number of amides is 1. The molecule has 6 heteroatoms. The van der Waals surface area contributed by atoms with Gasteiger partial charge in [-0.2, -0.15) is 0 Å². The highest BCUT2D eigenvalue weighted by molar-refractivity contribution is 9.10. The molecule has 1 aromatic carbocycles. The third-order valence-corrected chi connectivity index (χ3v) is 4.92. The second-order valence-corrected chi connectivity index (χ2v) is 6.94. The first-order valence-electron chi connectivity index (χ1n) is 6.83. The Morgan fingerprint density at radius 3 is 2.86 bits per heavy atom. The lowest BCUT2D eigenvalue weighted by molar-refractivity contribution is -0.122. The van der Waals surface area contributed by atoms with Crippen molar-refractivity contribution < 1.29 is 9.53 Å². The van der Waals surface area contributed by atoms with Crippen LogP contribution in [0.25, 0.3) is 0 Å². The predicted molar refractivity (Wildman–Crippen MR) is 87.0 cm³/mol. The van der Waals surface area contributed by atoms with Crippen molar-refractivity contribution in [1.82, 2.24) is 4.98 Å². The summed E-state index contributed by atoms with van der Waals surface area (Å²) in [5.41, 5.74) is 1.14. The van der Waals surface area contributed by atoms with E-state index in [2.05, 4.69) is 26.2 Å². The zero-order valence-corrected chi connectivity index (χ0v) is 14.0. The third kappa shape index (κ3) is 3.44. The van der Waals surface area contributed by atoms with Crippen molar-refractivity contribution in [3.05, 3.63) is 39.3 Å². The molecule has 1 atom stereocenters. The van der Waals surface area contributed by atoms with Gasteiger partial charge in [-0.25, -0.2) is 4.98 Å². The van der Waals surface area contributed by atoms with Gasteiger partial charge in [-0.05, 0) is 50.5 Å². The van der Waals surface area contributed by atoms with Crippen LogP contribution in [0.1, 0.15) is 23.9 Å². The minimum atomic E-state index is -0.565. The highest BCUT2D eigenvalue weighted by Crippen LogP contribution is 2.30. The van der Waals surface area contributed by atoms with E-state index in [1.54, 1.807) is 18.3 Å². The Bertz CT molecular complexity index is 633. The Morgan fingerprint density at radius 1 is 1.38 bits per heavy atom. The number of hydrogen-bond donors (Lipinski definition) is 1. The topological polar surface area (TPSA) is 51.2 Å². The Kier molecular flexibility index (Phi) is 4.26. The van der Waals surface area contributed by atoms with E-state index >= 15 is 0 Å². The summed E-state index contributed by atoms with van der Waals surface area (Å²) in [6.45, 7) is 1.73. The number of nitrogens with one attached hydrogen (secondary N) is 1. The van der Waals surface area contributed by atoms with Crippen molar-refractivity contribution in [2.24, 2.45) is 0 Å². The van der Waals surface area contributed by atoms with Crippen LogP contribution in [0.15, 0.2) is 28.7 Å². The summed E-state index contributed by atoms with van der Waals surface area (Å²) in [5.74, 6) is 0.493. The zero-order valence-electron chi connectivity index (χ0n) is 11.6. The van der Waals surface area contributed by atoms with E-state index in [9.17, 15) is 4.79 Å². The van der Waals surface area contributed by atoms with Gasteiger partial charge >= 0.3 is 0 Å². The minimum absolute atomic E-state index is 0.176. The normalized spacial score (nSPS) is 14.6. The summed E-state index contributed by atoms with van der Waals surface area (Å²) >= 11 is 4.94. The van der Waals surface area contributed by atoms with E-state index in [0.717, 1.165) is 23.0 Å². The molecule has 0 saturated carbocycles. The first-order valence-corrected chi connectivity index (χ1v) is 8.44. The molecule has 1 aromatic heterocycles. The summed E-state index contributed by atoms with van der Waals surface area (Å²) in [4.78, 5) is 17.9.